The molecule has 0 amide bonds. The molecular formula is C16H21N3O. The Morgan fingerprint density at radius 3 is 2.75 bits per heavy atom. The first kappa shape index (κ1) is 13.0. The molecule has 3 N–H and O–H groups in total. The van der Waals surface area contributed by atoms with Gasteiger partial charge in [0.15, 0.2) is 0 Å². The molecule has 1 heterocycles. The first-order valence-corrected chi connectivity index (χ1v) is 7.27. The Hall–Kier alpha value is -1.97. The lowest BCUT2D eigenvalue weighted by molar-refractivity contribution is 0.538. The number of rotatable bonds is 2. The van der Waals surface area contributed by atoms with Crippen LogP contribution in [0.25, 0.3) is 0 Å². The van der Waals surface area contributed by atoms with Gasteiger partial charge in [0.25, 0.3) is 5.56 Å². The van der Waals surface area contributed by atoms with Crippen molar-refractivity contribution in [3.05, 3.63) is 50.8 Å². The number of aryl methyl sites for hydroxylation is 1. The lowest BCUT2D eigenvalue weighted by Crippen LogP contribution is -2.24. The van der Waals surface area contributed by atoms with E-state index >= 15 is 0 Å². The van der Waals surface area contributed by atoms with Crippen LogP contribution < -0.4 is 11.3 Å². The smallest absolute Gasteiger partial charge is 0.272 e. The first-order valence-electron chi connectivity index (χ1n) is 7.27. The van der Waals surface area contributed by atoms with Crippen molar-refractivity contribution in [2.75, 3.05) is 5.73 Å². The van der Waals surface area contributed by atoms with Gasteiger partial charge in [0.1, 0.15) is 5.82 Å². The van der Waals surface area contributed by atoms with Crippen LogP contribution in [0.4, 0.5) is 5.82 Å². The fourth-order valence-electron chi connectivity index (χ4n) is 3.17. The van der Waals surface area contributed by atoms with Crippen LogP contribution >= 0.6 is 0 Å². The summed E-state index contributed by atoms with van der Waals surface area (Å²) >= 11 is 0. The summed E-state index contributed by atoms with van der Waals surface area (Å²) in [5.41, 5.74) is 10.5. The van der Waals surface area contributed by atoms with Gasteiger partial charge < -0.3 is 5.73 Å². The molecule has 0 bridgehead atoms. The van der Waals surface area contributed by atoms with Crippen molar-refractivity contribution in [3.63, 3.8) is 0 Å². The van der Waals surface area contributed by atoms with E-state index in [0.717, 1.165) is 12.8 Å². The molecule has 106 valence electrons. The Bertz CT molecular complexity index is 696. The van der Waals surface area contributed by atoms with Crippen molar-refractivity contribution in [2.45, 2.75) is 45.6 Å². The van der Waals surface area contributed by atoms with E-state index in [4.69, 9.17) is 5.73 Å². The average molecular weight is 271 g/mol. The molecule has 4 heteroatoms. The van der Waals surface area contributed by atoms with Crippen molar-refractivity contribution < 1.29 is 0 Å². The molecule has 1 atom stereocenters. The number of nitrogens with zero attached hydrogens (tertiary/aromatic N) is 1. The summed E-state index contributed by atoms with van der Waals surface area (Å²) in [6.07, 6.45) is 4.76. The summed E-state index contributed by atoms with van der Waals surface area (Å²) in [5.74, 6) is 0.464. The van der Waals surface area contributed by atoms with Gasteiger partial charge in [-0.2, -0.15) is 0 Å². The maximum absolute atomic E-state index is 12.2. The van der Waals surface area contributed by atoms with Gasteiger partial charge in [-0.1, -0.05) is 18.2 Å². The summed E-state index contributed by atoms with van der Waals surface area (Å²) in [7, 11) is 0. The Labute approximate surface area is 118 Å². The second-order valence-electron chi connectivity index (χ2n) is 5.69. The molecule has 2 aromatic rings. The molecule has 3 rings (SSSR count). The Morgan fingerprint density at radius 2 is 2.05 bits per heavy atom. The predicted octanol–water partition coefficient (Wildman–Crippen LogP) is 2.56. The number of aromatic amines is 1. The number of benzene rings is 1. The van der Waals surface area contributed by atoms with Crippen molar-refractivity contribution in [1.29, 1.82) is 0 Å². The molecule has 0 spiro atoms. The molecule has 1 aromatic heterocycles. The van der Waals surface area contributed by atoms with E-state index in [-0.39, 0.29) is 11.6 Å². The molecule has 0 radical (unpaired) electrons. The molecule has 20 heavy (non-hydrogen) atoms. The van der Waals surface area contributed by atoms with Gasteiger partial charge >= 0.3 is 0 Å². The number of nitrogen functional groups attached to an aromatic ring is 1. The number of fused-ring (bicyclic) bond motifs is 1. The molecule has 4 nitrogen and oxygen atoms in total. The maximum atomic E-state index is 12.2. The molecule has 1 aliphatic rings. The minimum Gasteiger partial charge on any atom is -0.384 e. The highest BCUT2D eigenvalue weighted by Crippen LogP contribution is 2.29. The summed E-state index contributed by atoms with van der Waals surface area (Å²) in [4.78, 5) is 12.2. The van der Waals surface area contributed by atoms with E-state index in [9.17, 15) is 4.79 Å². The zero-order valence-electron chi connectivity index (χ0n) is 12.1. The Balaban J connectivity index is 2.09. The number of hydrogen-bond donors (Lipinski definition) is 2. The van der Waals surface area contributed by atoms with E-state index in [1.54, 1.807) is 11.6 Å². The molecule has 0 saturated heterocycles. The van der Waals surface area contributed by atoms with Gasteiger partial charge in [0, 0.05) is 0 Å². The fraction of sp³-hybridized carbons (Fsp3) is 0.438. The number of nitrogens with one attached hydrogen (secondary N) is 1. The molecule has 1 unspecified atom stereocenters. The van der Waals surface area contributed by atoms with Gasteiger partial charge in [-0.15, -0.1) is 0 Å². The molecule has 0 saturated carbocycles. The third-order valence-electron chi connectivity index (χ3n) is 4.45. The topological polar surface area (TPSA) is 63.8 Å². The van der Waals surface area contributed by atoms with E-state index < -0.39 is 0 Å². The molecule has 0 aliphatic heterocycles. The normalized spacial score (nSPS) is 15.9. The summed E-state index contributed by atoms with van der Waals surface area (Å²) < 4.78 is 1.65. The van der Waals surface area contributed by atoms with Crippen LogP contribution in [0.15, 0.2) is 23.0 Å². The van der Waals surface area contributed by atoms with Crippen LogP contribution in [-0.4, -0.2) is 9.78 Å². The third-order valence-corrected chi connectivity index (χ3v) is 4.45. The minimum atomic E-state index is -0.0246. The number of aromatic nitrogens is 2. The van der Waals surface area contributed by atoms with Crippen molar-refractivity contribution >= 4 is 5.82 Å². The molecule has 0 fully saturated rings. The van der Waals surface area contributed by atoms with Gasteiger partial charge in [-0.3, -0.25) is 9.89 Å². The highest BCUT2D eigenvalue weighted by molar-refractivity contribution is 5.40. The van der Waals surface area contributed by atoms with E-state index in [1.807, 2.05) is 0 Å². The summed E-state index contributed by atoms with van der Waals surface area (Å²) in [5, 5.41) is 3.00. The first-order chi connectivity index (χ1) is 9.59. The van der Waals surface area contributed by atoms with Crippen LogP contribution in [0.1, 0.15) is 48.1 Å². The van der Waals surface area contributed by atoms with E-state index in [1.165, 1.54) is 29.5 Å². The van der Waals surface area contributed by atoms with Crippen LogP contribution in [0.5, 0.6) is 0 Å². The zero-order valence-corrected chi connectivity index (χ0v) is 12.1. The van der Waals surface area contributed by atoms with Crippen molar-refractivity contribution in [3.8, 4) is 0 Å². The van der Waals surface area contributed by atoms with Gasteiger partial charge in [-0.05, 0) is 56.2 Å². The third kappa shape index (κ3) is 1.96. The van der Waals surface area contributed by atoms with Crippen LogP contribution in [0, 0.1) is 6.92 Å². The van der Waals surface area contributed by atoms with E-state index in [2.05, 4.69) is 30.2 Å². The minimum absolute atomic E-state index is 0.00782. The number of hydrogen-bond acceptors (Lipinski definition) is 2. The predicted molar refractivity (Wildman–Crippen MR) is 81.1 cm³/mol. The van der Waals surface area contributed by atoms with Gasteiger partial charge in [0.2, 0.25) is 0 Å². The summed E-state index contributed by atoms with van der Waals surface area (Å²) in [6.45, 7) is 3.82. The number of anilines is 1. The summed E-state index contributed by atoms with van der Waals surface area (Å²) in [6, 6.07) is 6.43. The van der Waals surface area contributed by atoms with Gasteiger partial charge in [0.05, 0.1) is 11.6 Å². The molecule has 1 aliphatic carbocycles. The monoisotopic (exact) mass is 271 g/mol. The largest absolute Gasteiger partial charge is 0.384 e. The van der Waals surface area contributed by atoms with E-state index in [0.29, 0.717) is 11.4 Å². The highest BCUT2D eigenvalue weighted by Gasteiger charge is 2.20. The fourth-order valence-corrected chi connectivity index (χ4v) is 3.17. The van der Waals surface area contributed by atoms with Crippen LogP contribution in [0.3, 0.4) is 0 Å². The standard InChI is InChI=1S/C16H21N3O/c1-10-15(17)18-19(16(10)20)11(2)13-9-5-7-12-6-3-4-8-14(12)13/h5,7,9,11,18H,3-4,6,8,17H2,1-2H3. The van der Waals surface area contributed by atoms with Crippen molar-refractivity contribution in [2.24, 2.45) is 0 Å². The number of nitrogens with two attached hydrogens (primary N) is 1. The molecule has 1 aromatic carbocycles. The molecular weight excluding hydrogens is 250 g/mol. The highest BCUT2D eigenvalue weighted by atomic mass is 16.1. The number of H-pyrrole nitrogens is 1. The van der Waals surface area contributed by atoms with Crippen LogP contribution in [-0.2, 0) is 12.8 Å². The maximum Gasteiger partial charge on any atom is 0.272 e. The Morgan fingerprint density at radius 1 is 1.30 bits per heavy atom. The Kier molecular flexibility index (Phi) is 3.16. The van der Waals surface area contributed by atoms with Gasteiger partial charge in [-0.25, -0.2) is 4.68 Å². The van der Waals surface area contributed by atoms with Crippen LogP contribution in [0.2, 0.25) is 0 Å². The lowest BCUT2D eigenvalue weighted by Gasteiger charge is -2.23. The quantitative estimate of drug-likeness (QED) is 0.881. The second-order valence-corrected chi connectivity index (χ2v) is 5.69. The van der Waals surface area contributed by atoms with Crippen molar-refractivity contribution in [1.82, 2.24) is 9.78 Å². The SMILES string of the molecule is Cc1c(N)[nH]n(C(C)c2cccc3c2CCCC3)c1=O. The second kappa shape index (κ2) is 4.85. The lowest BCUT2D eigenvalue weighted by atomic mass is 9.86. The average Bonchev–Trinajstić information content (AvgIpc) is 2.73. The zero-order chi connectivity index (χ0) is 14.3.